The molecule has 0 bridgehead atoms. The third-order valence-corrected chi connectivity index (χ3v) is 6.64. The van der Waals surface area contributed by atoms with Crippen LogP contribution in [0.4, 0.5) is 11.4 Å². The van der Waals surface area contributed by atoms with Crippen molar-refractivity contribution in [3.05, 3.63) is 70.1 Å². The number of amides is 2. The van der Waals surface area contributed by atoms with E-state index in [1.807, 2.05) is 29.8 Å². The lowest BCUT2D eigenvalue weighted by Crippen LogP contribution is -2.46. The van der Waals surface area contributed by atoms with E-state index in [0.717, 1.165) is 43.4 Å². The first kappa shape index (κ1) is 25.3. The minimum Gasteiger partial charge on any atom is -0.355 e. The van der Waals surface area contributed by atoms with Crippen molar-refractivity contribution >= 4 is 23.2 Å². The molecule has 0 spiro atoms. The Labute approximate surface area is 203 Å². The zero-order valence-electron chi connectivity index (χ0n) is 20.9. The Morgan fingerprint density at radius 2 is 1.82 bits per heavy atom. The van der Waals surface area contributed by atoms with Crippen LogP contribution in [-0.4, -0.2) is 49.4 Å². The van der Waals surface area contributed by atoms with Gasteiger partial charge in [-0.3, -0.25) is 9.59 Å². The molecule has 2 aromatic rings. The Bertz CT molecular complexity index is 1070. The van der Waals surface area contributed by atoms with Crippen LogP contribution >= 0.6 is 0 Å². The van der Waals surface area contributed by atoms with E-state index in [-0.39, 0.29) is 30.9 Å². The van der Waals surface area contributed by atoms with E-state index < -0.39 is 0 Å². The highest BCUT2D eigenvalue weighted by Crippen LogP contribution is 2.28. The first-order chi connectivity index (χ1) is 16.3. The fourth-order valence-electron chi connectivity index (χ4n) is 4.54. The average Bonchev–Trinajstić information content (AvgIpc) is 3.24. The van der Waals surface area contributed by atoms with E-state index >= 15 is 0 Å². The first-order valence-corrected chi connectivity index (χ1v) is 12.2. The van der Waals surface area contributed by atoms with Crippen LogP contribution in [0.25, 0.3) is 4.85 Å². The largest absolute Gasteiger partial charge is 0.355 e. The van der Waals surface area contributed by atoms with Gasteiger partial charge in [-0.05, 0) is 55.9 Å². The fraction of sp³-hybridized carbons (Fsp3) is 0.464. The van der Waals surface area contributed by atoms with Gasteiger partial charge in [-0.2, -0.15) is 0 Å². The van der Waals surface area contributed by atoms with Crippen molar-refractivity contribution in [1.29, 1.82) is 0 Å². The summed E-state index contributed by atoms with van der Waals surface area (Å²) in [6.07, 6.45) is 4.81. The SMILES string of the molecule is [C-]#[N+]c1ccc(C)c(N(CC(=O)NCCCCC)CC(=O)N(C)C2Cc3ccc(C)cc3C2)c1. The third kappa shape index (κ3) is 6.38. The van der Waals surface area contributed by atoms with Gasteiger partial charge >= 0.3 is 0 Å². The molecule has 0 radical (unpaired) electrons. The summed E-state index contributed by atoms with van der Waals surface area (Å²) in [5.41, 5.74) is 6.04. The van der Waals surface area contributed by atoms with E-state index in [9.17, 15) is 9.59 Å². The third-order valence-electron chi connectivity index (χ3n) is 6.64. The number of nitrogens with zero attached hydrogens (tertiary/aromatic N) is 3. The molecule has 1 N–H and O–H groups in total. The van der Waals surface area contributed by atoms with Crippen molar-refractivity contribution in [1.82, 2.24) is 10.2 Å². The summed E-state index contributed by atoms with van der Waals surface area (Å²) >= 11 is 0. The van der Waals surface area contributed by atoms with E-state index in [0.29, 0.717) is 12.2 Å². The Kier molecular flexibility index (Phi) is 8.70. The Morgan fingerprint density at radius 1 is 1.06 bits per heavy atom. The zero-order chi connectivity index (χ0) is 24.7. The number of hydrogen-bond acceptors (Lipinski definition) is 3. The summed E-state index contributed by atoms with van der Waals surface area (Å²) in [4.78, 5) is 33.3. The second-order valence-corrected chi connectivity index (χ2v) is 9.33. The van der Waals surface area contributed by atoms with Crippen LogP contribution in [0.1, 0.15) is 48.4 Å². The van der Waals surface area contributed by atoms with Crippen molar-refractivity contribution in [2.24, 2.45) is 0 Å². The molecule has 2 amide bonds. The van der Waals surface area contributed by atoms with E-state index in [1.54, 1.807) is 12.1 Å². The minimum atomic E-state index is -0.108. The molecule has 180 valence electrons. The number of carbonyl (C=O) groups is 2. The van der Waals surface area contributed by atoms with Gasteiger partial charge in [-0.1, -0.05) is 55.7 Å². The maximum absolute atomic E-state index is 13.4. The van der Waals surface area contributed by atoms with Crippen LogP contribution in [0.5, 0.6) is 0 Å². The molecule has 34 heavy (non-hydrogen) atoms. The zero-order valence-corrected chi connectivity index (χ0v) is 20.9. The van der Waals surface area contributed by atoms with E-state index in [4.69, 9.17) is 6.57 Å². The molecule has 0 fully saturated rings. The van der Waals surface area contributed by atoms with Gasteiger partial charge in [0.1, 0.15) is 0 Å². The first-order valence-electron chi connectivity index (χ1n) is 12.2. The van der Waals surface area contributed by atoms with Crippen molar-refractivity contribution in [3.8, 4) is 0 Å². The van der Waals surface area contributed by atoms with Crippen molar-refractivity contribution in [3.63, 3.8) is 0 Å². The topological polar surface area (TPSA) is 57.0 Å². The summed E-state index contributed by atoms with van der Waals surface area (Å²) in [6, 6.07) is 12.0. The second-order valence-electron chi connectivity index (χ2n) is 9.33. The summed E-state index contributed by atoms with van der Waals surface area (Å²) in [7, 11) is 1.86. The highest BCUT2D eigenvalue weighted by atomic mass is 16.2. The van der Waals surface area contributed by atoms with Crippen LogP contribution in [0, 0.1) is 20.4 Å². The van der Waals surface area contributed by atoms with Gasteiger partial charge in [0.25, 0.3) is 0 Å². The molecule has 1 unspecified atom stereocenters. The van der Waals surface area contributed by atoms with Crippen LogP contribution in [0.3, 0.4) is 0 Å². The molecule has 6 heteroatoms. The van der Waals surface area contributed by atoms with Crippen LogP contribution < -0.4 is 10.2 Å². The Hall–Kier alpha value is -3.33. The molecule has 0 aliphatic heterocycles. The van der Waals surface area contributed by atoms with Crippen LogP contribution in [-0.2, 0) is 22.4 Å². The monoisotopic (exact) mass is 460 g/mol. The van der Waals surface area contributed by atoms with Gasteiger partial charge in [0.2, 0.25) is 11.8 Å². The molecule has 3 rings (SSSR count). The van der Waals surface area contributed by atoms with Crippen LogP contribution in [0.15, 0.2) is 36.4 Å². The normalized spacial score (nSPS) is 14.3. The number of nitrogens with one attached hydrogen (secondary N) is 1. The molecule has 6 nitrogen and oxygen atoms in total. The highest BCUT2D eigenvalue weighted by molar-refractivity contribution is 5.87. The van der Waals surface area contributed by atoms with Gasteiger partial charge in [0.15, 0.2) is 5.69 Å². The summed E-state index contributed by atoms with van der Waals surface area (Å²) in [5.74, 6) is -0.135. The molecule has 0 aromatic heterocycles. The molecular weight excluding hydrogens is 424 g/mol. The lowest BCUT2D eigenvalue weighted by molar-refractivity contribution is -0.130. The number of anilines is 1. The van der Waals surface area contributed by atoms with Gasteiger partial charge in [0, 0.05) is 25.3 Å². The minimum absolute atomic E-state index is 0.0269. The molecule has 0 saturated heterocycles. The molecule has 1 atom stereocenters. The number of fused-ring (bicyclic) bond motifs is 1. The number of benzene rings is 2. The van der Waals surface area contributed by atoms with Crippen molar-refractivity contribution < 1.29 is 9.59 Å². The Balaban J connectivity index is 1.73. The molecular formula is C28H36N4O2. The molecule has 1 aliphatic rings. The lowest BCUT2D eigenvalue weighted by atomic mass is 10.1. The predicted octanol–water partition coefficient (Wildman–Crippen LogP) is 4.59. The van der Waals surface area contributed by atoms with Gasteiger partial charge in [-0.25, -0.2) is 4.85 Å². The number of likely N-dealkylation sites (N-methyl/N-ethyl adjacent to an activating group) is 1. The Morgan fingerprint density at radius 3 is 2.56 bits per heavy atom. The second kappa shape index (κ2) is 11.7. The lowest BCUT2D eigenvalue weighted by Gasteiger charge is -2.30. The van der Waals surface area contributed by atoms with Gasteiger partial charge < -0.3 is 15.1 Å². The summed E-state index contributed by atoms with van der Waals surface area (Å²) < 4.78 is 0. The number of rotatable bonds is 10. The molecule has 0 heterocycles. The fourth-order valence-corrected chi connectivity index (χ4v) is 4.54. The number of carbonyl (C=O) groups excluding carboxylic acids is 2. The smallest absolute Gasteiger partial charge is 0.242 e. The van der Waals surface area contributed by atoms with E-state index in [1.165, 1.54) is 16.7 Å². The summed E-state index contributed by atoms with van der Waals surface area (Å²) in [5, 5.41) is 2.97. The predicted molar refractivity (Wildman–Crippen MR) is 137 cm³/mol. The van der Waals surface area contributed by atoms with Crippen molar-refractivity contribution in [2.75, 3.05) is 31.6 Å². The standard InChI is InChI=1S/C28H36N4O2/c1-6-7-8-13-30-27(33)18-32(26-17-24(29-4)12-10-21(26)3)19-28(34)31(5)25-15-22-11-9-20(2)14-23(22)16-25/h9-12,14,17,25H,6-8,13,15-16,18-19H2,1-3,5H3,(H,30,33). The van der Waals surface area contributed by atoms with Crippen LogP contribution in [0.2, 0.25) is 0 Å². The quantitative estimate of drug-likeness (QED) is 0.417. The molecule has 1 aliphatic carbocycles. The average molecular weight is 461 g/mol. The van der Waals surface area contributed by atoms with Gasteiger partial charge in [-0.15, -0.1) is 0 Å². The number of aryl methyl sites for hydroxylation is 2. The molecule has 0 saturated carbocycles. The highest BCUT2D eigenvalue weighted by Gasteiger charge is 2.29. The number of hydrogen-bond donors (Lipinski definition) is 1. The molecule has 2 aromatic carbocycles. The van der Waals surface area contributed by atoms with E-state index in [2.05, 4.69) is 42.2 Å². The van der Waals surface area contributed by atoms with Crippen molar-refractivity contribution in [2.45, 2.75) is 58.9 Å². The van der Waals surface area contributed by atoms with Gasteiger partial charge in [0.05, 0.1) is 19.7 Å². The summed E-state index contributed by atoms with van der Waals surface area (Å²) in [6.45, 7) is 14.3. The maximum Gasteiger partial charge on any atom is 0.242 e. The maximum atomic E-state index is 13.4. The number of unbranched alkanes of at least 4 members (excludes halogenated alkanes) is 2.